The first-order chi connectivity index (χ1) is 10.1. The van der Waals surface area contributed by atoms with Crippen molar-refractivity contribution >= 4 is 50.3 Å². The van der Waals surface area contributed by atoms with Gasteiger partial charge in [0.1, 0.15) is 11.9 Å². The molecule has 21 heavy (non-hydrogen) atoms. The van der Waals surface area contributed by atoms with Crippen LogP contribution in [0.15, 0.2) is 18.2 Å². The molecule has 0 radical (unpaired) electrons. The highest BCUT2D eigenvalue weighted by atomic mass is 32.2. The maximum atomic E-state index is 13.1. The van der Waals surface area contributed by atoms with Crippen LogP contribution in [-0.4, -0.2) is 34.3 Å². The van der Waals surface area contributed by atoms with Gasteiger partial charge in [-0.25, -0.2) is 9.37 Å². The number of carbonyl (C=O) groups is 2. The second-order valence-electron chi connectivity index (χ2n) is 4.57. The molecule has 3 rings (SSSR count). The van der Waals surface area contributed by atoms with Crippen molar-refractivity contribution in [1.29, 1.82) is 0 Å². The van der Waals surface area contributed by atoms with Gasteiger partial charge in [0.15, 0.2) is 5.13 Å². The quantitative estimate of drug-likeness (QED) is 0.886. The van der Waals surface area contributed by atoms with Crippen molar-refractivity contribution in [3.63, 3.8) is 0 Å². The molecule has 110 valence electrons. The van der Waals surface area contributed by atoms with E-state index in [1.807, 2.05) is 0 Å². The number of fused-ring (bicyclic) bond motifs is 1. The summed E-state index contributed by atoms with van der Waals surface area (Å²) in [5.41, 5.74) is 0.635. The molecule has 1 aliphatic heterocycles. The third-order valence-corrected chi connectivity index (χ3v) is 4.99. The standard InChI is InChI=1S/C13H12FN3O2S2/c14-7-1-2-8-10(5-7)21-13(16-8)17-12(19)9-6-20-4-3-11(18)15-9/h1-2,5,9H,3-4,6H2,(H,15,18)(H,16,17,19)/t9-/m1/s1. The lowest BCUT2D eigenvalue weighted by molar-refractivity contribution is -0.125. The van der Waals surface area contributed by atoms with Crippen LogP contribution < -0.4 is 10.6 Å². The van der Waals surface area contributed by atoms with Gasteiger partial charge in [-0.1, -0.05) is 11.3 Å². The van der Waals surface area contributed by atoms with Crippen LogP contribution in [0.3, 0.4) is 0 Å². The van der Waals surface area contributed by atoms with Crippen LogP contribution >= 0.6 is 23.1 Å². The fraction of sp³-hybridized carbons (Fsp3) is 0.308. The molecule has 5 nitrogen and oxygen atoms in total. The van der Waals surface area contributed by atoms with Crippen LogP contribution in [0.5, 0.6) is 0 Å². The summed E-state index contributed by atoms with van der Waals surface area (Å²) in [5, 5.41) is 5.78. The molecule has 0 aliphatic carbocycles. The Hall–Kier alpha value is -1.67. The molecule has 2 amide bonds. The first-order valence-electron chi connectivity index (χ1n) is 6.36. The molecule has 8 heteroatoms. The minimum atomic E-state index is -0.561. The largest absolute Gasteiger partial charge is 0.343 e. The molecule has 0 spiro atoms. The smallest absolute Gasteiger partial charge is 0.249 e. The molecule has 2 N–H and O–H groups in total. The van der Waals surface area contributed by atoms with Crippen LogP contribution in [0.4, 0.5) is 9.52 Å². The Morgan fingerprint density at radius 1 is 1.48 bits per heavy atom. The van der Waals surface area contributed by atoms with Crippen molar-refractivity contribution in [1.82, 2.24) is 10.3 Å². The van der Waals surface area contributed by atoms with Crippen molar-refractivity contribution < 1.29 is 14.0 Å². The van der Waals surface area contributed by atoms with E-state index in [1.54, 1.807) is 17.8 Å². The highest BCUT2D eigenvalue weighted by Gasteiger charge is 2.24. The van der Waals surface area contributed by atoms with Crippen molar-refractivity contribution in [2.75, 3.05) is 16.8 Å². The molecule has 0 unspecified atom stereocenters. The molecular formula is C13H12FN3O2S2. The van der Waals surface area contributed by atoms with Crippen LogP contribution in [0, 0.1) is 5.82 Å². The average molecular weight is 325 g/mol. The number of hydrogen-bond donors (Lipinski definition) is 2. The highest BCUT2D eigenvalue weighted by Crippen LogP contribution is 2.26. The van der Waals surface area contributed by atoms with Gasteiger partial charge in [-0.2, -0.15) is 11.8 Å². The zero-order valence-corrected chi connectivity index (χ0v) is 12.5. The van der Waals surface area contributed by atoms with Gasteiger partial charge in [0.25, 0.3) is 0 Å². The molecule has 0 bridgehead atoms. The fourth-order valence-corrected chi connectivity index (χ4v) is 3.82. The lowest BCUT2D eigenvalue weighted by atomic mass is 10.3. The van der Waals surface area contributed by atoms with Gasteiger partial charge in [-0.15, -0.1) is 0 Å². The number of thiazole rings is 1. The number of nitrogens with one attached hydrogen (secondary N) is 2. The topological polar surface area (TPSA) is 71.1 Å². The molecule has 1 saturated heterocycles. The summed E-state index contributed by atoms with van der Waals surface area (Å²) in [4.78, 5) is 27.9. The molecule has 1 aliphatic rings. The van der Waals surface area contributed by atoms with Gasteiger partial charge in [-0.3, -0.25) is 9.59 Å². The number of rotatable bonds is 2. The predicted octanol–water partition coefficient (Wildman–Crippen LogP) is 2.00. The number of nitrogens with zero attached hydrogens (tertiary/aromatic N) is 1. The number of aromatic nitrogens is 1. The number of halogens is 1. The van der Waals surface area contributed by atoms with E-state index >= 15 is 0 Å². The SMILES string of the molecule is O=C1CCSC[C@H](C(=O)Nc2nc3ccc(F)cc3s2)N1. The number of thioether (sulfide) groups is 1. The molecular weight excluding hydrogens is 313 g/mol. The number of carbonyl (C=O) groups excluding carboxylic acids is 2. The first-order valence-corrected chi connectivity index (χ1v) is 8.33. The Morgan fingerprint density at radius 3 is 3.19 bits per heavy atom. The van der Waals surface area contributed by atoms with E-state index in [4.69, 9.17) is 0 Å². The number of anilines is 1. The van der Waals surface area contributed by atoms with Crippen molar-refractivity contribution in [2.45, 2.75) is 12.5 Å². The number of hydrogen-bond acceptors (Lipinski definition) is 5. The Balaban J connectivity index is 1.74. The van der Waals surface area contributed by atoms with Crippen molar-refractivity contribution in [3.05, 3.63) is 24.0 Å². The molecule has 1 aromatic carbocycles. The number of amides is 2. The van der Waals surface area contributed by atoms with Crippen LogP contribution in [-0.2, 0) is 9.59 Å². The van der Waals surface area contributed by atoms with E-state index in [9.17, 15) is 14.0 Å². The molecule has 2 heterocycles. The third-order valence-electron chi connectivity index (χ3n) is 2.99. The summed E-state index contributed by atoms with van der Waals surface area (Å²) in [7, 11) is 0. The molecule has 2 aromatic rings. The highest BCUT2D eigenvalue weighted by molar-refractivity contribution is 7.99. The van der Waals surface area contributed by atoms with Gasteiger partial charge in [-0.05, 0) is 18.2 Å². The van der Waals surface area contributed by atoms with E-state index in [-0.39, 0.29) is 17.6 Å². The maximum absolute atomic E-state index is 13.1. The van der Waals surface area contributed by atoms with Crippen LogP contribution in [0.2, 0.25) is 0 Å². The van der Waals surface area contributed by atoms with Crippen molar-refractivity contribution in [3.8, 4) is 0 Å². The monoisotopic (exact) mass is 325 g/mol. The molecule has 1 fully saturated rings. The van der Waals surface area contributed by atoms with E-state index in [1.165, 1.54) is 23.5 Å². The lowest BCUT2D eigenvalue weighted by Crippen LogP contribution is -2.44. The zero-order chi connectivity index (χ0) is 14.8. The van der Waals surface area contributed by atoms with Gasteiger partial charge in [0.05, 0.1) is 10.2 Å². The van der Waals surface area contributed by atoms with E-state index in [0.717, 1.165) is 5.75 Å². The molecule has 1 atom stereocenters. The number of benzene rings is 1. The summed E-state index contributed by atoms with van der Waals surface area (Å²) >= 11 is 2.77. The van der Waals surface area contributed by atoms with Gasteiger partial charge < -0.3 is 10.6 Å². The Labute approximate surface area is 128 Å². The lowest BCUT2D eigenvalue weighted by Gasteiger charge is -2.13. The summed E-state index contributed by atoms with van der Waals surface area (Å²) in [5.74, 6) is 0.507. The summed E-state index contributed by atoms with van der Waals surface area (Å²) < 4.78 is 13.8. The van der Waals surface area contributed by atoms with Gasteiger partial charge in [0, 0.05) is 17.9 Å². The first kappa shape index (κ1) is 14.3. The zero-order valence-electron chi connectivity index (χ0n) is 10.9. The Morgan fingerprint density at radius 2 is 2.33 bits per heavy atom. The summed E-state index contributed by atoms with van der Waals surface area (Å²) in [6, 6.07) is 3.72. The fourth-order valence-electron chi connectivity index (χ4n) is 1.96. The van der Waals surface area contributed by atoms with E-state index in [0.29, 0.717) is 27.5 Å². The predicted molar refractivity (Wildman–Crippen MR) is 82.1 cm³/mol. The van der Waals surface area contributed by atoms with E-state index in [2.05, 4.69) is 15.6 Å². The Bertz CT molecular complexity index is 704. The summed E-state index contributed by atoms with van der Waals surface area (Å²) in [6.07, 6.45) is 0.425. The minimum Gasteiger partial charge on any atom is -0.343 e. The van der Waals surface area contributed by atoms with Crippen LogP contribution in [0.25, 0.3) is 10.2 Å². The molecule has 1 aromatic heterocycles. The van der Waals surface area contributed by atoms with Crippen molar-refractivity contribution in [2.24, 2.45) is 0 Å². The van der Waals surface area contributed by atoms with E-state index < -0.39 is 6.04 Å². The second-order valence-corrected chi connectivity index (χ2v) is 6.75. The summed E-state index contributed by atoms with van der Waals surface area (Å²) in [6.45, 7) is 0. The van der Waals surface area contributed by atoms with Crippen LogP contribution in [0.1, 0.15) is 6.42 Å². The molecule has 0 saturated carbocycles. The minimum absolute atomic E-state index is 0.119. The maximum Gasteiger partial charge on any atom is 0.249 e. The normalized spacial score (nSPS) is 19.1. The second kappa shape index (κ2) is 5.98. The van der Waals surface area contributed by atoms with Gasteiger partial charge in [0.2, 0.25) is 11.8 Å². The Kier molecular flexibility index (Phi) is 4.07. The average Bonchev–Trinajstić information content (AvgIpc) is 2.69. The van der Waals surface area contributed by atoms with Gasteiger partial charge >= 0.3 is 0 Å². The third kappa shape index (κ3) is 3.33.